The van der Waals surface area contributed by atoms with E-state index in [1.54, 1.807) is 28.9 Å². The molecule has 0 aliphatic heterocycles. The molecule has 0 aliphatic rings. The molecule has 12 heteroatoms. The van der Waals surface area contributed by atoms with E-state index in [0.29, 0.717) is 40.1 Å². The van der Waals surface area contributed by atoms with Crippen molar-refractivity contribution in [3.05, 3.63) is 94.1 Å². The molecule has 5 rings (SSSR count). The Morgan fingerprint density at radius 3 is 2.44 bits per heavy atom. The molecule has 0 fully saturated rings. The summed E-state index contributed by atoms with van der Waals surface area (Å²) in [7, 11) is -0.888. The average Bonchev–Trinajstić information content (AvgIpc) is 3.32. The molecule has 0 aliphatic carbocycles. The van der Waals surface area contributed by atoms with Gasteiger partial charge in [0.25, 0.3) is 10.0 Å². The zero-order valence-corrected chi connectivity index (χ0v) is 24.0. The van der Waals surface area contributed by atoms with Gasteiger partial charge in [-0.1, -0.05) is 41.9 Å². The highest BCUT2D eigenvalue weighted by molar-refractivity contribution is 9.10. The number of fused-ring (bicyclic) bond motifs is 1. The molecule has 5 aromatic rings. The lowest BCUT2D eigenvalue weighted by atomic mass is 10.1. The Bertz CT molecular complexity index is 1760. The highest BCUT2D eigenvalue weighted by Crippen LogP contribution is 2.32. The second-order valence-electron chi connectivity index (χ2n) is 8.41. The first-order valence-corrected chi connectivity index (χ1v) is 14.3. The molecule has 2 N–H and O–H groups in total. The summed E-state index contributed by atoms with van der Waals surface area (Å²) in [5.74, 6) is 1.49. The maximum atomic E-state index is 12.9. The van der Waals surface area contributed by atoms with Gasteiger partial charge in [0.2, 0.25) is 0 Å². The third-order valence-corrected chi connectivity index (χ3v) is 8.19. The number of anilines is 2. The lowest BCUT2D eigenvalue weighted by molar-refractivity contribution is 0.354. The van der Waals surface area contributed by atoms with Gasteiger partial charge in [0.05, 0.1) is 35.5 Å². The van der Waals surface area contributed by atoms with Crippen molar-refractivity contribution in [3.8, 4) is 22.8 Å². The maximum Gasteiger partial charge on any atom is 0.262 e. The van der Waals surface area contributed by atoms with Gasteiger partial charge in [0, 0.05) is 35.0 Å². The van der Waals surface area contributed by atoms with Crippen LogP contribution in [0.3, 0.4) is 0 Å². The van der Waals surface area contributed by atoms with Crippen LogP contribution in [0, 0.1) is 0 Å². The second kappa shape index (κ2) is 11.1. The van der Waals surface area contributed by atoms with Crippen molar-refractivity contribution in [1.29, 1.82) is 0 Å². The van der Waals surface area contributed by atoms with E-state index >= 15 is 0 Å². The van der Waals surface area contributed by atoms with Crippen molar-refractivity contribution in [3.63, 3.8) is 0 Å². The summed E-state index contributed by atoms with van der Waals surface area (Å²) in [6.45, 7) is 0.460. The van der Waals surface area contributed by atoms with Gasteiger partial charge < -0.3 is 14.8 Å². The van der Waals surface area contributed by atoms with Crippen LogP contribution in [-0.2, 0) is 16.6 Å². The summed E-state index contributed by atoms with van der Waals surface area (Å²) >= 11 is 9.93. The number of hydrogen-bond donors (Lipinski definition) is 2. The fourth-order valence-corrected chi connectivity index (χ4v) is 5.60. The van der Waals surface area contributed by atoms with Crippen molar-refractivity contribution < 1.29 is 17.9 Å². The van der Waals surface area contributed by atoms with Crippen molar-refractivity contribution in [2.75, 3.05) is 24.3 Å². The van der Waals surface area contributed by atoms with E-state index in [0.717, 1.165) is 21.4 Å². The summed E-state index contributed by atoms with van der Waals surface area (Å²) < 4.78 is 41.3. The van der Waals surface area contributed by atoms with Crippen molar-refractivity contribution in [1.82, 2.24) is 14.6 Å². The molecule has 2 heterocycles. The highest BCUT2D eigenvalue weighted by Gasteiger charge is 2.18. The minimum Gasteiger partial charge on any atom is -0.493 e. The van der Waals surface area contributed by atoms with Gasteiger partial charge in [-0.15, -0.1) is 0 Å². The van der Waals surface area contributed by atoms with Crippen molar-refractivity contribution in [2.24, 2.45) is 0 Å². The normalized spacial score (nSPS) is 11.4. The summed E-state index contributed by atoms with van der Waals surface area (Å²) in [5, 5.41) is 8.41. The molecular weight excluding hydrogens is 606 g/mol. The van der Waals surface area contributed by atoms with Crippen molar-refractivity contribution >= 4 is 54.7 Å². The second-order valence-corrected chi connectivity index (χ2v) is 11.4. The maximum absolute atomic E-state index is 12.9. The summed E-state index contributed by atoms with van der Waals surface area (Å²) in [6, 6.07) is 20.9. The van der Waals surface area contributed by atoms with E-state index in [-0.39, 0.29) is 4.90 Å². The van der Waals surface area contributed by atoms with Gasteiger partial charge in [0.15, 0.2) is 17.1 Å². The largest absolute Gasteiger partial charge is 0.493 e. The van der Waals surface area contributed by atoms with E-state index in [4.69, 9.17) is 26.1 Å². The van der Waals surface area contributed by atoms with Crippen LogP contribution in [0.2, 0.25) is 5.02 Å². The smallest absolute Gasteiger partial charge is 0.262 e. The quantitative estimate of drug-likeness (QED) is 0.199. The Balaban J connectivity index is 1.34. The number of hydrogen-bond acceptors (Lipinski definition) is 7. The number of nitrogens with one attached hydrogen (secondary N) is 2. The van der Waals surface area contributed by atoms with E-state index in [9.17, 15) is 8.42 Å². The van der Waals surface area contributed by atoms with Gasteiger partial charge in [-0.05, 0) is 51.8 Å². The monoisotopic (exact) mass is 627 g/mol. The third kappa shape index (κ3) is 5.65. The number of ether oxygens (including phenoxy) is 2. The predicted octanol–water partition coefficient (Wildman–Crippen LogP) is 6.24. The van der Waals surface area contributed by atoms with Crippen LogP contribution < -0.4 is 19.5 Å². The molecule has 2 aromatic heterocycles. The number of benzene rings is 3. The zero-order valence-electron chi connectivity index (χ0n) is 20.9. The van der Waals surface area contributed by atoms with Gasteiger partial charge >= 0.3 is 0 Å². The average molecular weight is 629 g/mol. The van der Waals surface area contributed by atoms with Gasteiger partial charge in [0.1, 0.15) is 5.82 Å². The van der Waals surface area contributed by atoms with Crippen LogP contribution >= 0.6 is 27.5 Å². The summed E-state index contributed by atoms with van der Waals surface area (Å²) in [6.07, 6.45) is 1.68. The number of aromatic nitrogens is 3. The molecular formula is C27H23BrClN5O4S. The molecule has 3 aromatic carbocycles. The standard InChI is InChI=1S/C27H23BrClN5O4S/c1-37-24-12-11-19(13-25(24)38-2)39(35,36)33-18-9-7-17(8-10-18)15-30-26-14-23(20-5-3-4-6-22(20)29)32-27-21(28)16-31-34(26)27/h3-14,16,30,33H,15H2,1-2H3. The van der Waals surface area contributed by atoms with Crippen molar-refractivity contribution in [2.45, 2.75) is 11.4 Å². The minimum atomic E-state index is -3.83. The molecule has 0 spiro atoms. The molecule has 0 atom stereocenters. The Morgan fingerprint density at radius 1 is 0.974 bits per heavy atom. The predicted molar refractivity (Wildman–Crippen MR) is 155 cm³/mol. The van der Waals surface area contributed by atoms with Crippen LogP contribution in [0.4, 0.5) is 11.5 Å². The number of methoxy groups -OCH3 is 2. The van der Waals surface area contributed by atoms with Crippen LogP contribution in [0.1, 0.15) is 5.56 Å². The molecule has 9 nitrogen and oxygen atoms in total. The number of nitrogens with zero attached hydrogens (tertiary/aromatic N) is 3. The first kappa shape index (κ1) is 26.8. The molecule has 0 bridgehead atoms. The summed E-state index contributed by atoms with van der Waals surface area (Å²) in [5.41, 5.74) is 3.52. The van der Waals surface area contributed by atoms with Crippen LogP contribution in [0.15, 0.2) is 88.4 Å². The number of halogens is 2. The molecule has 0 radical (unpaired) electrons. The van der Waals surface area contributed by atoms with Gasteiger partial charge in [-0.3, -0.25) is 4.72 Å². The summed E-state index contributed by atoms with van der Waals surface area (Å²) in [4.78, 5) is 4.78. The number of rotatable bonds is 9. The Hall–Kier alpha value is -3.80. The van der Waals surface area contributed by atoms with E-state index in [1.165, 1.54) is 26.4 Å². The zero-order chi connectivity index (χ0) is 27.6. The van der Waals surface area contributed by atoms with E-state index < -0.39 is 10.0 Å². The SMILES string of the molecule is COc1ccc(S(=O)(=O)Nc2ccc(CNc3cc(-c4ccccc4Cl)nc4c(Br)cnn34)cc2)cc1OC. The minimum absolute atomic E-state index is 0.0623. The number of sulfonamides is 1. The fraction of sp³-hybridized carbons (Fsp3) is 0.111. The lowest BCUT2D eigenvalue weighted by Crippen LogP contribution is -2.13. The van der Waals surface area contributed by atoms with Crippen LogP contribution in [0.25, 0.3) is 16.9 Å². The fourth-order valence-electron chi connectivity index (χ4n) is 3.95. The third-order valence-electron chi connectivity index (χ3n) is 5.92. The molecule has 0 saturated heterocycles. The van der Waals surface area contributed by atoms with Crippen LogP contribution in [-0.4, -0.2) is 37.2 Å². The first-order valence-electron chi connectivity index (χ1n) is 11.7. The topological polar surface area (TPSA) is 107 Å². The van der Waals surface area contributed by atoms with Gasteiger partial charge in [-0.2, -0.15) is 9.61 Å². The molecule has 39 heavy (non-hydrogen) atoms. The van der Waals surface area contributed by atoms with Gasteiger partial charge in [-0.25, -0.2) is 13.4 Å². The Kier molecular flexibility index (Phi) is 7.65. The van der Waals surface area contributed by atoms with Crippen LogP contribution in [0.5, 0.6) is 11.5 Å². The molecule has 0 amide bonds. The van der Waals surface area contributed by atoms with E-state index in [1.807, 2.05) is 42.5 Å². The Labute approximate surface area is 238 Å². The molecule has 0 unspecified atom stereocenters. The first-order chi connectivity index (χ1) is 18.8. The highest BCUT2D eigenvalue weighted by atomic mass is 79.9. The van der Waals surface area contributed by atoms with E-state index in [2.05, 4.69) is 31.1 Å². The molecule has 200 valence electrons. The lowest BCUT2D eigenvalue weighted by Gasteiger charge is -2.13. The molecule has 0 saturated carbocycles. The Morgan fingerprint density at radius 2 is 1.72 bits per heavy atom.